The summed E-state index contributed by atoms with van der Waals surface area (Å²) in [6.07, 6.45) is 1.29. The molecule has 0 aliphatic carbocycles. The van der Waals surface area contributed by atoms with Crippen LogP contribution in [0.15, 0.2) is 59.5 Å². The second-order valence-electron chi connectivity index (χ2n) is 6.48. The summed E-state index contributed by atoms with van der Waals surface area (Å²) in [6.45, 7) is 1.99. The van der Waals surface area contributed by atoms with Gasteiger partial charge in [0.05, 0.1) is 10.6 Å². The van der Waals surface area contributed by atoms with Gasteiger partial charge >= 0.3 is 0 Å². The number of aromatic nitrogens is 2. The van der Waals surface area contributed by atoms with E-state index in [1.54, 1.807) is 6.92 Å². The van der Waals surface area contributed by atoms with Crippen LogP contribution >= 0.6 is 0 Å². The summed E-state index contributed by atoms with van der Waals surface area (Å²) < 4.78 is 40.1. The molecule has 0 aliphatic heterocycles. The predicted octanol–water partition coefficient (Wildman–Crippen LogP) is 3.78. The minimum absolute atomic E-state index is 0.0119. The van der Waals surface area contributed by atoms with Gasteiger partial charge in [0, 0.05) is 24.8 Å². The molecule has 0 aliphatic rings. The van der Waals surface area contributed by atoms with Gasteiger partial charge in [-0.05, 0) is 43.5 Å². The number of aryl methyl sites for hydroxylation is 2. The van der Waals surface area contributed by atoms with Gasteiger partial charge < -0.3 is 0 Å². The highest BCUT2D eigenvalue weighted by Gasteiger charge is 2.23. The maximum atomic E-state index is 13.5. The topological polar surface area (TPSA) is 66.1 Å². The van der Waals surface area contributed by atoms with Gasteiger partial charge in [-0.25, -0.2) is 17.1 Å². The molecule has 142 valence electrons. The molecule has 0 unspecified atom stereocenters. The van der Waals surface area contributed by atoms with Crippen molar-refractivity contribution in [2.75, 3.05) is 13.6 Å². The smallest absolute Gasteiger partial charge is 0.243 e. The number of nitrogens with zero attached hydrogens (tertiary/aromatic N) is 2. The molecule has 3 aromatic rings. The van der Waals surface area contributed by atoms with E-state index in [9.17, 15) is 12.8 Å². The minimum Gasteiger partial charge on any atom is -0.282 e. The first-order chi connectivity index (χ1) is 12.9. The van der Waals surface area contributed by atoms with Crippen LogP contribution in [0, 0.1) is 12.7 Å². The molecule has 0 amide bonds. The Balaban J connectivity index is 1.62. The van der Waals surface area contributed by atoms with Crippen LogP contribution in [0.2, 0.25) is 0 Å². The largest absolute Gasteiger partial charge is 0.282 e. The average Bonchev–Trinajstić information content (AvgIpc) is 3.13. The van der Waals surface area contributed by atoms with Crippen molar-refractivity contribution in [1.82, 2.24) is 14.5 Å². The van der Waals surface area contributed by atoms with Gasteiger partial charge in [0.25, 0.3) is 0 Å². The van der Waals surface area contributed by atoms with Crippen molar-refractivity contribution in [1.29, 1.82) is 0 Å². The Morgan fingerprint density at radius 2 is 1.85 bits per heavy atom. The number of benzene rings is 2. The fraction of sp³-hybridized carbons (Fsp3) is 0.250. The Kier molecular flexibility index (Phi) is 5.72. The molecule has 0 fully saturated rings. The molecular weight excluding hydrogens is 365 g/mol. The van der Waals surface area contributed by atoms with Gasteiger partial charge in [0.2, 0.25) is 10.0 Å². The highest BCUT2D eigenvalue weighted by atomic mass is 32.2. The van der Waals surface area contributed by atoms with E-state index in [2.05, 4.69) is 10.2 Å². The van der Waals surface area contributed by atoms with Crippen molar-refractivity contribution in [3.05, 3.63) is 71.7 Å². The maximum Gasteiger partial charge on any atom is 0.243 e. The zero-order valence-corrected chi connectivity index (χ0v) is 16.1. The molecule has 7 heteroatoms. The van der Waals surface area contributed by atoms with E-state index in [1.165, 1.54) is 23.5 Å². The lowest BCUT2D eigenvalue weighted by molar-refractivity contribution is 0.459. The fourth-order valence-corrected chi connectivity index (χ4v) is 4.32. The Morgan fingerprint density at radius 3 is 2.59 bits per heavy atom. The Hall–Kier alpha value is -2.51. The summed E-state index contributed by atoms with van der Waals surface area (Å²) >= 11 is 0. The molecule has 0 atom stereocenters. The van der Waals surface area contributed by atoms with Gasteiger partial charge in [-0.15, -0.1) is 0 Å². The molecule has 2 aromatic carbocycles. The van der Waals surface area contributed by atoms with E-state index in [0.29, 0.717) is 24.9 Å². The van der Waals surface area contributed by atoms with Crippen molar-refractivity contribution in [2.45, 2.75) is 24.7 Å². The van der Waals surface area contributed by atoms with Crippen LogP contribution in [0.1, 0.15) is 17.7 Å². The van der Waals surface area contributed by atoms with Crippen LogP contribution in [0.5, 0.6) is 0 Å². The third kappa shape index (κ3) is 4.43. The van der Waals surface area contributed by atoms with E-state index in [4.69, 9.17) is 0 Å². The summed E-state index contributed by atoms with van der Waals surface area (Å²) in [5, 5.41) is 7.30. The maximum absolute atomic E-state index is 13.5. The number of H-pyrrole nitrogens is 1. The van der Waals surface area contributed by atoms with Crippen molar-refractivity contribution < 1.29 is 12.8 Å². The normalized spacial score (nSPS) is 11.9. The molecule has 5 nitrogen and oxygen atoms in total. The molecule has 1 aromatic heterocycles. The standard InChI is InChI=1S/C20H22FN3O2S/c1-15-10-11-17(21)13-20(15)27(25,26)24(2)12-6-9-18-14-19(23-22-18)16-7-4-3-5-8-16/h3-5,7-8,10-11,13-14H,6,9,12H2,1-2H3,(H,22,23). The number of aromatic amines is 1. The van der Waals surface area contributed by atoms with Crippen molar-refractivity contribution in [2.24, 2.45) is 0 Å². The second kappa shape index (κ2) is 8.02. The number of rotatable bonds is 7. The molecular formula is C20H22FN3O2S. The highest BCUT2D eigenvalue weighted by molar-refractivity contribution is 7.89. The van der Waals surface area contributed by atoms with Crippen LogP contribution in [-0.2, 0) is 16.4 Å². The van der Waals surface area contributed by atoms with Crippen molar-refractivity contribution in [3.8, 4) is 11.3 Å². The van der Waals surface area contributed by atoms with Crippen molar-refractivity contribution >= 4 is 10.0 Å². The summed E-state index contributed by atoms with van der Waals surface area (Å²) in [4.78, 5) is 0.0119. The summed E-state index contributed by atoms with van der Waals surface area (Å²) in [7, 11) is -2.20. The SMILES string of the molecule is Cc1ccc(F)cc1S(=O)(=O)N(C)CCCc1cc(-c2ccccc2)n[nH]1. The molecule has 0 radical (unpaired) electrons. The van der Waals surface area contributed by atoms with Gasteiger partial charge in [0.1, 0.15) is 5.82 Å². The van der Waals surface area contributed by atoms with Gasteiger partial charge in [-0.1, -0.05) is 36.4 Å². The molecule has 0 bridgehead atoms. The van der Waals surface area contributed by atoms with Crippen LogP contribution in [0.4, 0.5) is 4.39 Å². The van der Waals surface area contributed by atoms with E-state index >= 15 is 0 Å². The van der Waals surface area contributed by atoms with Crippen LogP contribution in [0.3, 0.4) is 0 Å². The van der Waals surface area contributed by atoms with Crippen molar-refractivity contribution in [3.63, 3.8) is 0 Å². The molecule has 1 heterocycles. The predicted molar refractivity (Wildman–Crippen MR) is 103 cm³/mol. The molecule has 3 rings (SSSR count). The number of nitrogens with one attached hydrogen (secondary N) is 1. The average molecular weight is 387 g/mol. The van der Waals surface area contributed by atoms with E-state index in [-0.39, 0.29) is 4.90 Å². The molecule has 0 saturated heterocycles. The quantitative estimate of drug-likeness (QED) is 0.671. The number of hydrogen-bond donors (Lipinski definition) is 1. The minimum atomic E-state index is -3.72. The Labute approximate surface area is 158 Å². The Morgan fingerprint density at radius 1 is 1.11 bits per heavy atom. The highest BCUT2D eigenvalue weighted by Crippen LogP contribution is 2.21. The third-order valence-corrected chi connectivity index (χ3v) is 6.46. The lowest BCUT2D eigenvalue weighted by Gasteiger charge is -2.18. The molecule has 0 saturated carbocycles. The number of hydrogen-bond acceptors (Lipinski definition) is 3. The number of sulfonamides is 1. The second-order valence-corrected chi connectivity index (χ2v) is 8.50. The van der Waals surface area contributed by atoms with E-state index < -0.39 is 15.8 Å². The summed E-state index contributed by atoms with van der Waals surface area (Å²) in [5.74, 6) is -0.557. The molecule has 27 heavy (non-hydrogen) atoms. The summed E-state index contributed by atoms with van der Waals surface area (Å²) in [5.41, 5.74) is 3.37. The fourth-order valence-electron chi connectivity index (χ4n) is 2.88. The lowest BCUT2D eigenvalue weighted by atomic mass is 10.1. The van der Waals surface area contributed by atoms with Crippen LogP contribution < -0.4 is 0 Å². The molecule has 0 spiro atoms. The first-order valence-corrected chi connectivity index (χ1v) is 10.1. The zero-order valence-electron chi connectivity index (χ0n) is 15.3. The zero-order chi connectivity index (χ0) is 19.4. The lowest BCUT2D eigenvalue weighted by Crippen LogP contribution is -2.29. The van der Waals surface area contributed by atoms with Gasteiger partial charge in [-0.2, -0.15) is 5.10 Å². The number of halogens is 1. The molecule has 1 N–H and O–H groups in total. The first-order valence-electron chi connectivity index (χ1n) is 8.70. The van der Waals surface area contributed by atoms with E-state index in [1.807, 2.05) is 36.4 Å². The van der Waals surface area contributed by atoms with Gasteiger partial charge in [-0.3, -0.25) is 5.10 Å². The first kappa shape index (κ1) is 19.3. The van der Waals surface area contributed by atoms with Crippen LogP contribution in [0.25, 0.3) is 11.3 Å². The Bertz CT molecular complexity index is 1020. The van der Waals surface area contributed by atoms with Gasteiger partial charge in [0.15, 0.2) is 0 Å². The summed E-state index contributed by atoms with van der Waals surface area (Å²) in [6, 6.07) is 15.6. The third-order valence-electron chi connectivity index (χ3n) is 4.46. The monoisotopic (exact) mass is 387 g/mol. The van der Waals surface area contributed by atoms with E-state index in [0.717, 1.165) is 23.0 Å². The van der Waals surface area contributed by atoms with Crippen LogP contribution in [-0.4, -0.2) is 36.5 Å².